The van der Waals surface area contributed by atoms with E-state index in [9.17, 15) is 0 Å². The highest BCUT2D eigenvalue weighted by atomic mass is 27.0. The van der Waals surface area contributed by atoms with Gasteiger partial charge in [0.1, 0.15) is 16.3 Å². The van der Waals surface area contributed by atoms with Gasteiger partial charge in [0, 0.05) is 11.4 Å². The highest BCUT2D eigenvalue weighted by Crippen LogP contribution is 2.37. The number of aliphatic imine (C=N–C) groups is 2. The molecule has 0 amide bonds. The van der Waals surface area contributed by atoms with Gasteiger partial charge in [0.05, 0.1) is 11.4 Å². The van der Waals surface area contributed by atoms with E-state index in [1.807, 2.05) is 0 Å². The molecule has 3 heteroatoms. The summed E-state index contributed by atoms with van der Waals surface area (Å²) in [6, 6.07) is 13.2. The summed E-state index contributed by atoms with van der Waals surface area (Å²) in [6.07, 6.45) is 0. The Morgan fingerprint density at radius 3 is 1.03 bits per heavy atom. The summed E-state index contributed by atoms with van der Waals surface area (Å²) in [5, 5.41) is 0. The Bertz CT molecular complexity index is 849. The summed E-state index contributed by atoms with van der Waals surface area (Å²) < 4.78 is 0.0930. The molecule has 0 saturated carbocycles. The minimum atomic E-state index is 0.0930. The minimum Gasteiger partial charge on any atom is -0.258 e. The Morgan fingerprint density at radius 2 is 0.812 bits per heavy atom. The van der Waals surface area contributed by atoms with E-state index in [0.717, 1.165) is 22.8 Å². The average Bonchev–Trinajstić information content (AvgIpc) is 2.72. The third kappa shape index (κ3) is 6.21. The zero-order chi connectivity index (χ0) is 24.2. The molecule has 170 valence electrons. The molecule has 0 aliphatic carbocycles. The summed E-state index contributed by atoms with van der Waals surface area (Å²) in [7, 11) is 0. The Labute approximate surface area is 205 Å². The lowest BCUT2D eigenvalue weighted by Gasteiger charge is -2.21. The highest BCUT2D eigenvalue weighted by molar-refractivity contribution is 6.38. The molecule has 32 heavy (non-hydrogen) atoms. The van der Waals surface area contributed by atoms with Crippen LogP contribution in [-0.2, 0) is 0 Å². The van der Waals surface area contributed by atoms with Crippen molar-refractivity contribution >= 4 is 39.1 Å². The molecule has 0 unspecified atom stereocenters. The fourth-order valence-corrected chi connectivity index (χ4v) is 4.22. The van der Waals surface area contributed by atoms with Crippen LogP contribution >= 0.6 is 0 Å². The topological polar surface area (TPSA) is 24.7 Å². The van der Waals surface area contributed by atoms with E-state index in [1.54, 1.807) is 0 Å². The van der Waals surface area contributed by atoms with Gasteiger partial charge in [-0.05, 0) is 64.6 Å². The maximum atomic E-state index is 5.19. The lowest BCUT2D eigenvalue weighted by atomic mass is 9.92. The molecule has 0 N–H and O–H groups in total. The number of para-hydroxylation sites is 2. The van der Waals surface area contributed by atoms with Crippen LogP contribution in [0, 0.1) is 0 Å². The van der Waals surface area contributed by atoms with Gasteiger partial charge in [0.25, 0.3) is 0 Å². The van der Waals surface area contributed by atoms with E-state index < -0.39 is 0 Å². The van der Waals surface area contributed by atoms with Crippen LogP contribution in [-0.4, -0.2) is 27.7 Å². The van der Waals surface area contributed by atoms with Gasteiger partial charge in [-0.15, -0.1) is 0 Å². The molecule has 0 aromatic heterocycles. The maximum Gasteiger partial charge on any atom is 0.143 e. The molecule has 0 saturated heterocycles. The molecule has 0 aliphatic heterocycles. The molecule has 0 atom stereocenters. The van der Waals surface area contributed by atoms with Gasteiger partial charge in [-0.2, -0.15) is 0 Å². The minimum absolute atomic E-state index is 0.0930. The summed E-state index contributed by atoms with van der Waals surface area (Å²) in [5.41, 5.74) is 9.70. The van der Waals surface area contributed by atoms with Crippen LogP contribution < -0.4 is 0 Å². The number of hydrogen-bond acceptors (Lipinski definition) is 2. The molecule has 0 aliphatic rings. The van der Waals surface area contributed by atoms with Crippen molar-refractivity contribution in [3.8, 4) is 0 Å². The van der Waals surface area contributed by atoms with Crippen LogP contribution in [0.4, 0.5) is 11.4 Å². The van der Waals surface area contributed by atoms with Crippen molar-refractivity contribution in [2.45, 2.75) is 97.7 Å². The summed E-state index contributed by atoms with van der Waals surface area (Å²) >= 11 is 2.98. The number of benzene rings is 2. The molecular formula is C29H41AlN2. The predicted octanol–water partition coefficient (Wildman–Crippen LogP) is 9.02. The zero-order valence-electron chi connectivity index (χ0n) is 21.8. The largest absolute Gasteiger partial charge is 0.258 e. The second-order valence-electron chi connectivity index (χ2n) is 10.2. The van der Waals surface area contributed by atoms with Crippen molar-refractivity contribution in [2.75, 3.05) is 0 Å². The Balaban J connectivity index is 2.55. The lowest BCUT2D eigenvalue weighted by Crippen LogP contribution is -2.14. The van der Waals surface area contributed by atoms with Gasteiger partial charge < -0.3 is 0 Å². The van der Waals surface area contributed by atoms with Crippen molar-refractivity contribution < 1.29 is 0 Å². The fourth-order valence-electron chi connectivity index (χ4n) is 4.08. The third-order valence-electron chi connectivity index (χ3n) is 6.16. The SMILES string of the molecule is CC(=Nc1c(C(C)C)cccc1C(C)C)[CH]([Al])C(C)=Nc1c(C(C)C)cccc1C(C)C. The Hall–Kier alpha value is -1.69. The van der Waals surface area contributed by atoms with Crippen molar-refractivity contribution in [2.24, 2.45) is 9.98 Å². The second-order valence-corrected chi connectivity index (χ2v) is 10.8. The van der Waals surface area contributed by atoms with Crippen LogP contribution in [0.5, 0.6) is 0 Å². The van der Waals surface area contributed by atoms with Gasteiger partial charge >= 0.3 is 0 Å². The summed E-state index contributed by atoms with van der Waals surface area (Å²) in [6.45, 7) is 22.2. The molecule has 2 nitrogen and oxygen atoms in total. The second kappa shape index (κ2) is 11.4. The number of rotatable bonds is 8. The van der Waals surface area contributed by atoms with Gasteiger partial charge in [-0.25, -0.2) is 0 Å². The summed E-state index contributed by atoms with van der Waals surface area (Å²) in [4.78, 5) is 10.4. The van der Waals surface area contributed by atoms with E-state index in [2.05, 4.69) is 122 Å². The Morgan fingerprint density at radius 1 is 0.562 bits per heavy atom. The maximum absolute atomic E-state index is 5.19. The fraction of sp³-hybridized carbons (Fsp3) is 0.517. The van der Waals surface area contributed by atoms with Crippen LogP contribution in [0.3, 0.4) is 0 Å². The molecule has 0 heterocycles. The van der Waals surface area contributed by atoms with Crippen molar-refractivity contribution in [1.29, 1.82) is 0 Å². The Kier molecular flexibility index (Phi) is 9.50. The zero-order valence-corrected chi connectivity index (χ0v) is 23.0. The van der Waals surface area contributed by atoms with E-state index in [-0.39, 0.29) is 4.78 Å². The lowest BCUT2D eigenvalue weighted by molar-refractivity contribution is 0.834. The van der Waals surface area contributed by atoms with Crippen LogP contribution in [0.2, 0.25) is 4.78 Å². The smallest absolute Gasteiger partial charge is 0.143 e. The van der Waals surface area contributed by atoms with E-state index in [1.165, 1.54) is 22.3 Å². The van der Waals surface area contributed by atoms with Gasteiger partial charge in [-0.1, -0.05) is 91.8 Å². The molecule has 2 rings (SSSR count). The summed E-state index contributed by atoms with van der Waals surface area (Å²) in [5.74, 6) is 1.74. The number of hydrogen-bond donors (Lipinski definition) is 0. The van der Waals surface area contributed by atoms with Crippen LogP contribution in [0.15, 0.2) is 46.4 Å². The molecule has 0 bridgehead atoms. The highest BCUT2D eigenvalue weighted by Gasteiger charge is 2.18. The standard InChI is InChI=1S/C29H41N2.Al/c1-18(2)24-13-11-14-25(19(3)4)28(24)30-22(9)17-23(10)31-29-26(20(5)6)15-12-16-27(29)21(7)8;/h11-21H,1-10H3;. The van der Waals surface area contributed by atoms with Crippen LogP contribution in [0.1, 0.15) is 115 Å². The number of nitrogens with zero attached hydrogens (tertiary/aromatic N) is 2. The molecule has 0 spiro atoms. The van der Waals surface area contributed by atoms with Gasteiger partial charge in [0.15, 0.2) is 0 Å². The first-order chi connectivity index (χ1) is 15.0. The van der Waals surface area contributed by atoms with E-state index >= 15 is 0 Å². The first kappa shape index (κ1) is 26.6. The van der Waals surface area contributed by atoms with Gasteiger partial charge in [-0.3, -0.25) is 9.98 Å². The molecule has 2 aromatic rings. The molecule has 2 aromatic carbocycles. The van der Waals surface area contributed by atoms with Crippen LogP contribution in [0.25, 0.3) is 0 Å². The van der Waals surface area contributed by atoms with Crippen molar-refractivity contribution in [3.05, 3.63) is 58.7 Å². The third-order valence-corrected chi connectivity index (χ3v) is 7.13. The monoisotopic (exact) mass is 444 g/mol. The van der Waals surface area contributed by atoms with E-state index in [0.29, 0.717) is 23.7 Å². The molecule has 0 fully saturated rings. The van der Waals surface area contributed by atoms with Gasteiger partial charge in [0.2, 0.25) is 0 Å². The van der Waals surface area contributed by atoms with Crippen molar-refractivity contribution in [3.63, 3.8) is 0 Å². The molecular weight excluding hydrogens is 403 g/mol. The van der Waals surface area contributed by atoms with E-state index in [4.69, 9.17) is 9.98 Å². The first-order valence-corrected chi connectivity index (χ1v) is 12.7. The average molecular weight is 445 g/mol. The first-order valence-electron chi connectivity index (χ1n) is 12.1. The molecule has 2 radical (unpaired) electrons. The predicted molar refractivity (Wildman–Crippen MR) is 144 cm³/mol. The van der Waals surface area contributed by atoms with Crippen molar-refractivity contribution in [1.82, 2.24) is 0 Å². The normalized spacial score (nSPS) is 14.2. The quantitative estimate of drug-likeness (QED) is 0.287.